The molecule has 0 heterocycles. The first-order valence-electron chi connectivity index (χ1n) is 4.27. The van der Waals surface area contributed by atoms with E-state index in [0.717, 1.165) is 12.7 Å². The molecule has 6 nitrogen and oxygen atoms in total. The summed E-state index contributed by atoms with van der Waals surface area (Å²) in [6, 6.07) is 1.14. The predicted molar refractivity (Wildman–Crippen MR) is 55.5 cm³/mol. The molecule has 0 fully saturated rings. The fraction of sp³-hybridized carbons (Fsp3) is 1.00. The van der Waals surface area contributed by atoms with E-state index in [1.165, 1.54) is 5.12 Å². The van der Waals surface area contributed by atoms with Gasteiger partial charge in [-0.05, 0) is 6.04 Å². The van der Waals surface area contributed by atoms with Crippen LogP contribution in [0.1, 0.15) is 0 Å². The normalized spacial score (nSPS) is 12.5. The number of nitrogens with zero attached hydrogens (tertiary/aromatic N) is 1. The maximum absolute atomic E-state index is 5.40. The van der Waals surface area contributed by atoms with Gasteiger partial charge in [0.2, 0.25) is 0 Å². The second kappa shape index (κ2) is 6.43. The van der Waals surface area contributed by atoms with Crippen LogP contribution in [0.2, 0.25) is 25.7 Å². The first-order chi connectivity index (χ1) is 5.95. The van der Waals surface area contributed by atoms with Gasteiger partial charge in [-0.25, -0.2) is 0 Å². The number of hydrazine groups is 4. The Morgan fingerprint density at radius 2 is 2.00 bits per heavy atom. The second-order valence-corrected chi connectivity index (χ2v) is 9.70. The van der Waals surface area contributed by atoms with Crippen LogP contribution in [-0.4, -0.2) is 26.5 Å². The molecule has 0 aliphatic carbocycles. The van der Waals surface area contributed by atoms with Gasteiger partial charge < -0.3 is 4.74 Å². The molecule has 0 saturated carbocycles. The summed E-state index contributed by atoms with van der Waals surface area (Å²) in [6.07, 6.45) is 0. The van der Waals surface area contributed by atoms with Crippen LogP contribution < -0.4 is 22.8 Å². The van der Waals surface area contributed by atoms with Crippen molar-refractivity contribution >= 4 is 8.07 Å². The summed E-state index contributed by atoms with van der Waals surface area (Å²) >= 11 is 0. The summed E-state index contributed by atoms with van der Waals surface area (Å²) in [5, 5.41) is 1.24. The molecule has 0 atom stereocenters. The van der Waals surface area contributed by atoms with Crippen molar-refractivity contribution in [3.63, 3.8) is 0 Å². The van der Waals surface area contributed by atoms with Crippen LogP contribution in [0, 0.1) is 0 Å². The van der Waals surface area contributed by atoms with Crippen LogP contribution in [0.15, 0.2) is 0 Å². The number of hydrogen-bond donors (Lipinski definition) is 4. The third-order valence-corrected chi connectivity index (χ3v) is 3.14. The largest absolute Gasteiger partial charge is 0.364 e. The fourth-order valence-corrected chi connectivity index (χ4v) is 1.41. The lowest BCUT2D eigenvalue weighted by Gasteiger charge is -2.19. The molecule has 0 radical (unpaired) electrons. The van der Waals surface area contributed by atoms with E-state index >= 15 is 0 Å². The average Bonchev–Trinajstić information content (AvgIpc) is 1.97. The van der Waals surface area contributed by atoms with Crippen molar-refractivity contribution in [2.45, 2.75) is 25.7 Å². The number of nitrogens with two attached hydrogens (primary N) is 2. The van der Waals surface area contributed by atoms with Gasteiger partial charge in [0.25, 0.3) is 0 Å². The molecule has 0 aromatic rings. The first kappa shape index (κ1) is 13.0. The maximum Gasteiger partial charge on any atom is 0.128 e. The smallest absolute Gasteiger partial charge is 0.128 e. The molecular formula is C6H21N5OSi. The van der Waals surface area contributed by atoms with Crippen molar-refractivity contribution in [2.75, 3.05) is 13.3 Å². The van der Waals surface area contributed by atoms with Crippen molar-refractivity contribution in [1.82, 2.24) is 16.2 Å². The molecule has 0 saturated heterocycles. The van der Waals surface area contributed by atoms with Crippen molar-refractivity contribution in [2.24, 2.45) is 11.7 Å². The molecule has 6 N–H and O–H groups in total. The third-order valence-electron chi connectivity index (χ3n) is 1.43. The predicted octanol–water partition coefficient (Wildman–Crippen LogP) is -0.643. The Balaban J connectivity index is 3.25. The van der Waals surface area contributed by atoms with Crippen LogP contribution in [0.5, 0.6) is 0 Å². The standard InChI is InChI=1S/C6H21N5OSi/c1-13(2,3)5-4-12-6-11(8)10-9-7/h9-10H,4-8H2,1-3H3. The third kappa shape index (κ3) is 9.89. The molecule has 0 aromatic carbocycles. The Bertz CT molecular complexity index is 129. The Morgan fingerprint density at radius 3 is 2.46 bits per heavy atom. The summed E-state index contributed by atoms with van der Waals surface area (Å²) in [5.74, 6) is 10.4. The van der Waals surface area contributed by atoms with Gasteiger partial charge in [-0.2, -0.15) is 11.1 Å². The minimum Gasteiger partial charge on any atom is -0.364 e. The van der Waals surface area contributed by atoms with Crippen LogP contribution in [0.4, 0.5) is 0 Å². The van der Waals surface area contributed by atoms with Crippen LogP contribution >= 0.6 is 0 Å². The van der Waals surface area contributed by atoms with Gasteiger partial charge in [0.05, 0.1) is 0 Å². The van der Waals surface area contributed by atoms with Gasteiger partial charge in [-0.1, -0.05) is 19.6 Å². The van der Waals surface area contributed by atoms with Crippen LogP contribution in [0.3, 0.4) is 0 Å². The number of hydrogen-bond acceptors (Lipinski definition) is 6. The lowest BCUT2D eigenvalue weighted by Crippen LogP contribution is -2.54. The molecule has 0 bridgehead atoms. The van der Waals surface area contributed by atoms with E-state index in [0.29, 0.717) is 6.73 Å². The molecule has 0 unspecified atom stereocenters. The van der Waals surface area contributed by atoms with E-state index in [-0.39, 0.29) is 0 Å². The molecular weight excluding hydrogens is 186 g/mol. The Kier molecular flexibility index (Phi) is 6.42. The topological polar surface area (TPSA) is 88.6 Å². The van der Waals surface area contributed by atoms with Crippen LogP contribution in [0.25, 0.3) is 0 Å². The van der Waals surface area contributed by atoms with Gasteiger partial charge >= 0.3 is 0 Å². The van der Waals surface area contributed by atoms with Gasteiger partial charge in [-0.15, -0.1) is 5.12 Å². The highest BCUT2D eigenvalue weighted by atomic mass is 28.3. The van der Waals surface area contributed by atoms with Crippen molar-refractivity contribution in [3.8, 4) is 0 Å². The number of ether oxygens (including phenoxy) is 1. The van der Waals surface area contributed by atoms with Gasteiger partial charge in [-0.3, -0.25) is 11.7 Å². The summed E-state index contributed by atoms with van der Waals surface area (Å²) < 4.78 is 5.30. The van der Waals surface area contributed by atoms with E-state index < -0.39 is 8.07 Å². The molecule has 0 amide bonds. The SMILES string of the molecule is C[Si](C)(C)CCOCN(N)NNN. The van der Waals surface area contributed by atoms with E-state index in [2.05, 4.69) is 30.7 Å². The molecule has 0 aromatic heterocycles. The second-order valence-electron chi connectivity index (χ2n) is 4.07. The Hall–Kier alpha value is -0.0231. The van der Waals surface area contributed by atoms with Crippen LogP contribution in [-0.2, 0) is 4.74 Å². The summed E-state index contributed by atoms with van der Waals surface area (Å²) in [5.41, 5.74) is 4.67. The molecule has 0 aliphatic heterocycles. The van der Waals surface area contributed by atoms with E-state index in [1.54, 1.807) is 0 Å². The van der Waals surface area contributed by atoms with Crippen molar-refractivity contribution < 1.29 is 4.74 Å². The molecule has 80 valence electrons. The van der Waals surface area contributed by atoms with Crippen molar-refractivity contribution in [1.29, 1.82) is 0 Å². The minimum absolute atomic E-state index is 0.314. The highest BCUT2D eigenvalue weighted by Gasteiger charge is 2.12. The fourth-order valence-electron chi connectivity index (χ4n) is 0.656. The monoisotopic (exact) mass is 207 g/mol. The van der Waals surface area contributed by atoms with E-state index in [1.807, 2.05) is 0 Å². The van der Waals surface area contributed by atoms with E-state index in [9.17, 15) is 0 Å². The number of nitrogens with one attached hydrogen (secondary N) is 2. The van der Waals surface area contributed by atoms with Gasteiger partial charge in [0.1, 0.15) is 6.73 Å². The van der Waals surface area contributed by atoms with Gasteiger partial charge in [0, 0.05) is 14.7 Å². The minimum atomic E-state index is -0.993. The quantitative estimate of drug-likeness (QED) is 0.146. The number of rotatable bonds is 7. The molecule has 0 spiro atoms. The maximum atomic E-state index is 5.40. The first-order valence-corrected chi connectivity index (χ1v) is 7.97. The average molecular weight is 207 g/mol. The summed E-state index contributed by atoms with van der Waals surface area (Å²) in [6.45, 7) is 7.97. The molecule has 13 heavy (non-hydrogen) atoms. The molecule has 7 heteroatoms. The highest BCUT2D eigenvalue weighted by molar-refractivity contribution is 6.76. The Morgan fingerprint density at radius 1 is 1.38 bits per heavy atom. The van der Waals surface area contributed by atoms with Crippen molar-refractivity contribution in [3.05, 3.63) is 0 Å². The zero-order valence-corrected chi connectivity index (χ0v) is 9.63. The Labute approximate surface area is 80.5 Å². The lowest BCUT2D eigenvalue weighted by atomic mass is 10.8. The van der Waals surface area contributed by atoms with E-state index in [4.69, 9.17) is 16.4 Å². The zero-order chi connectivity index (χ0) is 10.3. The van der Waals surface area contributed by atoms with Gasteiger partial charge in [0.15, 0.2) is 0 Å². The molecule has 0 aliphatic rings. The summed E-state index contributed by atoms with van der Waals surface area (Å²) in [7, 11) is -0.993. The lowest BCUT2D eigenvalue weighted by molar-refractivity contribution is -0.00854. The highest BCUT2D eigenvalue weighted by Crippen LogP contribution is 2.07. The zero-order valence-electron chi connectivity index (χ0n) is 8.63. The summed E-state index contributed by atoms with van der Waals surface area (Å²) in [4.78, 5) is 0. The molecule has 0 rings (SSSR count).